The number of carbonyl (C=O) groups is 1. The Morgan fingerprint density at radius 2 is 1.72 bits per heavy atom. The average Bonchev–Trinajstić information content (AvgIpc) is 2.58. The van der Waals surface area contributed by atoms with Gasteiger partial charge in [-0.25, -0.2) is 8.42 Å². The molecule has 1 N–H and O–H groups in total. The summed E-state index contributed by atoms with van der Waals surface area (Å²) in [5.41, 5.74) is 0.258. The Bertz CT molecular complexity index is 819. The molecule has 0 aliphatic rings. The van der Waals surface area contributed by atoms with Crippen molar-refractivity contribution in [2.75, 3.05) is 17.5 Å². The molecule has 0 radical (unpaired) electrons. The lowest BCUT2D eigenvalue weighted by Crippen LogP contribution is -2.35. The molecule has 0 unspecified atom stereocenters. The molecule has 25 heavy (non-hydrogen) atoms. The Balaban J connectivity index is 2.38. The van der Waals surface area contributed by atoms with Gasteiger partial charge in [-0.1, -0.05) is 22.9 Å². The number of halogens is 1. The molecule has 0 heterocycles. The highest BCUT2D eigenvalue weighted by Gasteiger charge is 2.27. The lowest BCUT2D eigenvalue weighted by molar-refractivity contribution is -0.135. The highest BCUT2D eigenvalue weighted by atomic mass is 79.9. The van der Waals surface area contributed by atoms with Crippen LogP contribution in [0.25, 0.3) is 0 Å². The van der Waals surface area contributed by atoms with E-state index in [-0.39, 0.29) is 10.6 Å². The third kappa shape index (κ3) is 4.96. The predicted octanol–water partition coefficient (Wildman–Crippen LogP) is 3.52. The van der Waals surface area contributed by atoms with Crippen molar-refractivity contribution in [3.63, 3.8) is 0 Å². The number of hydrogen-bond acceptors (Lipinski definition) is 4. The van der Waals surface area contributed by atoms with Gasteiger partial charge in [0.05, 0.1) is 17.2 Å². The van der Waals surface area contributed by atoms with Crippen LogP contribution in [0.2, 0.25) is 0 Å². The minimum Gasteiger partial charge on any atom is -0.494 e. The Morgan fingerprint density at radius 1 is 1.12 bits per heavy atom. The van der Waals surface area contributed by atoms with Crippen LogP contribution in [0.15, 0.2) is 57.9 Å². The smallest absolute Gasteiger partial charge is 0.324 e. The van der Waals surface area contributed by atoms with Crippen molar-refractivity contribution in [3.8, 4) is 5.75 Å². The second kappa shape index (κ2) is 8.35. The van der Waals surface area contributed by atoms with Crippen molar-refractivity contribution >= 4 is 37.6 Å². The van der Waals surface area contributed by atoms with Crippen molar-refractivity contribution in [1.82, 2.24) is 0 Å². The van der Waals surface area contributed by atoms with E-state index in [1.165, 1.54) is 24.3 Å². The van der Waals surface area contributed by atoms with Crippen LogP contribution in [0.1, 0.15) is 13.3 Å². The topological polar surface area (TPSA) is 83.9 Å². The van der Waals surface area contributed by atoms with Crippen LogP contribution in [-0.2, 0) is 14.8 Å². The van der Waals surface area contributed by atoms with Crippen LogP contribution in [0, 0.1) is 0 Å². The maximum Gasteiger partial charge on any atom is 0.324 e. The first-order chi connectivity index (χ1) is 11.8. The molecule has 6 nitrogen and oxygen atoms in total. The first-order valence-electron chi connectivity index (χ1n) is 7.57. The molecule has 2 aromatic rings. The van der Waals surface area contributed by atoms with E-state index < -0.39 is 22.5 Å². The molecule has 0 aliphatic carbocycles. The molecule has 0 aliphatic heterocycles. The van der Waals surface area contributed by atoms with Gasteiger partial charge in [-0.2, -0.15) is 0 Å². The minimum absolute atomic E-state index is 0.0169. The van der Waals surface area contributed by atoms with E-state index in [0.717, 1.165) is 15.2 Å². The maximum atomic E-state index is 12.9. The fourth-order valence-electron chi connectivity index (χ4n) is 2.10. The second-order valence-electron chi connectivity index (χ2n) is 5.20. The Labute approximate surface area is 155 Å². The molecule has 0 saturated carbocycles. The fraction of sp³-hybridized carbons (Fsp3) is 0.235. The third-order valence-corrected chi connectivity index (χ3v) is 5.59. The summed E-state index contributed by atoms with van der Waals surface area (Å²) in [7, 11) is -4.00. The zero-order valence-electron chi connectivity index (χ0n) is 13.6. The lowest BCUT2D eigenvalue weighted by atomic mass is 10.3. The van der Waals surface area contributed by atoms with E-state index in [0.29, 0.717) is 12.4 Å². The van der Waals surface area contributed by atoms with Gasteiger partial charge in [0.1, 0.15) is 12.3 Å². The average molecular weight is 428 g/mol. The molecule has 0 saturated heterocycles. The van der Waals surface area contributed by atoms with Gasteiger partial charge < -0.3 is 9.84 Å². The number of hydrogen-bond donors (Lipinski definition) is 1. The van der Waals surface area contributed by atoms with Crippen LogP contribution in [0.3, 0.4) is 0 Å². The number of ether oxygens (including phenoxy) is 1. The SMILES string of the molecule is CCCOc1ccc(N(CC(=O)O)S(=O)(=O)c2ccc(Br)cc2)cc1. The number of sulfonamides is 1. The fourth-order valence-corrected chi connectivity index (χ4v) is 3.78. The van der Waals surface area contributed by atoms with Crippen LogP contribution in [0.4, 0.5) is 5.69 Å². The third-order valence-electron chi connectivity index (χ3n) is 3.28. The maximum absolute atomic E-state index is 12.9. The number of carboxylic acids is 1. The van der Waals surface area contributed by atoms with E-state index in [2.05, 4.69) is 15.9 Å². The second-order valence-corrected chi connectivity index (χ2v) is 7.98. The summed E-state index contributed by atoms with van der Waals surface area (Å²) < 4.78 is 32.8. The highest BCUT2D eigenvalue weighted by molar-refractivity contribution is 9.10. The first kappa shape index (κ1) is 19.3. The Kier molecular flexibility index (Phi) is 6.44. The summed E-state index contributed by atoms with van der Waals surface area (Å²) in [4.78, 5) is 11.2. The van der Waals surface area contributed by atoms with Crippen molar-refractivity contribution in [2.45, 2.75) is 18.2 Å². The molecule has 134 valence electrons. The summed E-state index contributed by atoms with van der Waals surface area (Å²) in [6.45, 7) is 1.86. The van der Waals surface area contributed by atoms with Crippen molar-refractivity contribution in [3.05, 3.63) is 53.0 Å². The van der Waals surface area contributed by atoms with Gasteiger partial charge in [0, 0.05) is 4.47 Å². The first-order valence-corrected chi connectivity index (χ1v) is 9.81. The van der Waals surface area contributed by atoms with Gasteiger partial charge in [0.15, 0.2) is 0 Å². The normalized spacial score (nSPS) is 11.1. The molecule has 0 atom stereocenters. The van der Waals surface area contributed by atoms with E-state index in [9.17, 15) is 13.2 Å². The standard InChI is InChI=1S/C17H18BrNO5S/c1-2-11-24-15-7-5-14(6-8-15)19(12-17(20)21)25(22,23)16-9-3-13(18)4-10-16/h3-10H,2,11-12H2,1H3,(H,20,21). The molecule has 0 fully saturated rings. The zero-order valence-corrected chi connectivity index (χ0v) is 16.0. The van der Waals surface area contributed by atoms with E-state index in [1.807, 2.05) is 6.92 Å². The quantitative estimate of drug-likeness (QED) is 0.696. The number of carboxylic acid groups (broad SMARTS) is 1. The van der Waals surface area contributed by atoms with E-state index in [4.69, 9.17) is 9.84 Å². The predicted molar refractivity (Wildman–Crippen MR) is 98.5 cm³/mol. The highest BCUT2D eigenvalue weighted by Crippen LogP contribution is 2.26. The number of benzene rings is 2. The Hall–Kier alpha value is -2.06. The summed E-state index contributed by atoms with van der Waals surface area (Å²) >= 11 is 3.25. The van der Waals surface area contributed by atoms with Crippen molar-refractivity contribution in [2.24, 2.45) is 0 Å². The van der Waals surface area contributed by atoms with Gasteiger partial charge in [-0.15, -0.1) is 0 Å². The molecule has 0 spiro atoms. The molecule has 0 bridgehead atoms. The van der Waals surface area contributed by atoms with Crippen LogP contribution in [-0.4, -0.2) is 32.6 Å². The van der Waals surface area contributed by atoms with Gasteiger partial charge in [-0.05, 0) is 55.0 Å². The van der Waals surface area contributed by atoms with Gasteiger partial charge in [0.25, 0.3) is 10.0 Å². The number of nitrogens with zero attached hydrogens (tertiary/aromatic N) is 1. The molecular formula is C17H18BrNO5S. The molecule has 8 heteroatoms. The molecule has 0 aromatic heterocycles. The monoisotopic (exact) mass is 427 g/mol. The molecule has 2 aromatic carbocycles. The largest absolute Gasteiger partial charge is 0.494 e. The van der Waals surface area contributed by atoms with E-state index in [1.54, 1.807) is 24.3 Å². The van der Waals surface area contributed by atoms with Crippen molar-refractivity contribution in [1.29, 1.82) is 0 Å². The summed E-state index contributed by atoms with van der Waals surface area (Å²) in [5, 5.41) is 9.13. The molecule has 2 rings (SSSR count). The van der Waals surface area contributed by atoms with Gasteiger partial charge >= 0.3 is 5.97 Å². The number of rotatable bonds is 8. The van der Waals surface area contributed by atoms with Crippen LogP contribution < -0.4 is 9.04 Å². The minimum atomic E-state index is -4.00. The summed E-state index contributed by atoms with van der Waals surface area (Å²) in [6.07, 6.45) is 0.852. The summed E-state index contributed by atoms with van der Waals surface area (Å²) in [5.74, 6) is -0.645. The van der Waals surface area contributed by atoms with Crippen LogP contribution in [0.5, 0.6) is 5.75 Å². The van der Waals surface area contributed by atoms with Crippen molar-refractivity contribution < 1.29 is 23.1 Å². The Morgan fingerprint density at radius 3 is 2.24 bits per heavy atom. The van der Waals surface area contributed by atoms with Gasteiger partial charge in [0.2, 0.25) is 0 Å². The van der Waals surface area contributed by atoms with E-state index >= 15 is 0 Å². The summed E-state index contributed by atoms with van der Waals surface area (Å²) in [6, 6.07) is 12.3. The number of anilines is 1. The molecule has 0 amide bonds. The van der Waals surface area contributed by atoms with Crippen LogP contribution >= 0.6 is 15.9 Å². The number of aliphatic carboxylic acids is 1. The van der Waals surface area contributed by atoms with Gasteiger partial charge in [-0.3, -0.25) is 9.10 Å². The zero-order chi connectivity index (χ0) is 18.4. The molecular weight excluding hydrogens is 410 g/mol. The lowest BCUT2D eigenvalue weighted by Gasteiger charge is -2.23.